The van der Waals surface area contributed by atoms with Crippen LogP contribution in [0.25, 0.3) is 0 Å². The Balaban J connectivity index is 1.88. The third-order valence-corrected chi connectivity index (χ3v) is 3.18. The van der Waals surface area contributed by atoms with Crippen molar-refractivity contribution in [3.63, 3.8) is 0 Å². The number of carbonyl (C=O) groups is 2. The Morgan fingerprint density at radius 3 is 2.53 bits per heavy atom. The van der Waals surface area contributed by atoms with Crippen LogP contribution in [0.4, 0.5) is 4.79 Å². The van der Waals surface area contributed by atoms with E-state index in [1.807, 2.05) is 13.0 Å². The first kappa shape index (κ1) is 13.5. The van der Waals surface area contributed by atoms with Crippen molar-refractivity contribution in [2.24, 2.45) is 5.92 Å². The molecule has 2 amide bonds. The summed E-state index contributed by atoms with van der Waals surface area (Å²) in [6.45, 7) is 3.61. The van der Waals surface area contributed by atoms with Crippen molar-refractivity contribution >= 4 is 12.0 Å². The van der Waals surface area contributed by atoms with E-state index in [2.05, 4.69) is 10.6 Å². The highest BCUT2D eigenvalue weighted by molar-refractivity contribution is 5.83. The quantitative estimate of drug-likeness (QED) is 0.758. The minimum absolute atomic E-state index is 0.0596. The topological polar surface area (TPSA) is 91.6 Å². The molecular weight excluding hydrogens is 248 g/mol. The molecule has 1 fully saturated rings. The van der Waals surface area contributed by atoms with Gasteiger partial charge >= 0.3 is 12.0 Å². The number of rotatable bonds is 5. The lowest BCUT2D eigenvalue weighted by Crippen LogP contribution is -2.47. The summed E-state index contributed by atoms with van der Waals surface area (Å²) in [5.74, 6) is 0.486. The Hall–Kier alpha value is -1.98. The van der Waals surface area contributed by atoms with Gasteiger partial charge in [-0.1, -0.05) is 0 Å². The molecule has 0 aromatic carbocycles. The van der Waals surface area contributed by atoms with Gasteiger partial charge in [0.2, 0.25) is 0 Å². The fourth-order valence-electron chi connectivity index (χ4n) is 1.95. The van der Waals surface area contributed by atoms with Crippen molar-refractivity contribution in [3.05, 3.63) is 23.7 Å². The van der Waals surface area contributed by atoms with E-state index in [1.165, 1.54) is 0 Å². The van der Waals surface area contributed by atoms with E-state index in [0.717, 1.165) is 18.6 Å². The number of urea groups is 1. The maximum atomic E-state index is 11.8. The molecular formula is C13H18N2O4. The second-order valence-corrected chi connectivity index (χ2v) is 4.94. The molecule has 0 saturated heterocycles. The zero-order valence-electron chi connectivity index (χ0n) is 11.0. The summed E-state index contributed by atoms with van der Waals surface area (Å²) in [6.07, 6.45) is 1.70. The van der Waals surface area contributed by atoms with Crippen molar-refractivity contribution in [2.75, 3.05) is 0 Å². The maximum Gasteiger partial charge on any atom is 0.326 e. The minimum Gasteiger partial charge on any atom is -0.480 e. The molecule has 1 aromatic rings. The Labute approximate surface area is 111 Å². The zero-order chi connectivity index (χ0) is 14.0. The van der Waals surface area contributed by atoms with Gasteiger partial charge < -0.3 is 20.2 Å². The average Bonchev–Trinajstić information content (AvgIpc) is 3.07. The molecule has 6 heteroatoms. The zero-order valence-corrected chi connectivity index (χ0v) is 11.0. The van der Waals surface area contributed by atoms with Crippen LogP contribution in [0.2, 0.25) is 0 Å². The molecule has 1 heterocycles. The van der Waals surface area contributed by atoms with Gasteiger partial charge in [0, 0.05) is 0 Å². The van der Waals surface area contributed by atoms with Gasteiger partial charge in [-0.05, 0) is 44.7 Å². The van der Waals surface area contributed by atoms with Crippen molar-refractivity contribution in [2.45, 2.75) is 38.8 Å². The van der Waals surface area contributed by atoms with Crippen LogP contribution in [-0.2, 0) is 4.79 Å². The lowest BCUT2D eigenvalue weighted by atomic mass is 10.2. The number of carboxylic acids is 1. The van der Waals surface area contributed by atoms with E-state index in [4.69, 9.17) is 9.52 Å². The molecule has 2 unspecified atom stereocenters. The molecule has 19 heavy (non-hydrogen) atoms. The van der Waals surface area contributed by atoms with Crippen molar-refractivity contribution in [3.8, 4) is 0 Å². The van der Waals surface area contributed by atoms with E-state index < -0.39 is 18.0 Å². The third kappa shape index (κ3) is 3.49. The van der Waals surface area contributed by atoms with Gasteiger partial charge in [0.05, 0.1) is 6.04 Å². The van der Waals surface area contributed by atoms with Gasteiger partial charge in [0.15, 0.2) is 0 Å². The minimum atomic E-state index is -0.987. The molecule has 1 saturated carbocycles. The van der Waals surface area contributed by atoms with Crippen LogP contribution >= 0.6 is 0 Å². The summed E-state index contributed by atoms with van der Waals surface area (Å²) in [5.41, 5.74) is 0. The third-order valence-electron chi connectivity index (χ3n) is 3.18. The average molecular weight is 266 g/mol. The van der Waals surface area contributed by atoms with E-state index in [9.17, 15) is 9.59 Å². The molecule has 1 aliphatic rings. The lowest BCUT2D eigenvalue weighted by molar-refractivity contribution is -0.139. The number of hydrogen-bond donors (Lipinski definition) is 3. The standard InChI is InChI=1S/C13H18N2O4/c1-7-3-6-10(19-7)8(2)14-13(18)15-11(12(16)17)9-4-5-9/h3,6,8-9,11H,4-5H2,1-2H3,(H,16,17)(H2,14,15,18). The van der Waals surface area contributed by atoms with Crippen LogP contribution in [0, 0.1) is 12.8 Å². The first-order valence-electron chi connectivity index (χ1n) is 6.33. The Kier molecular flexibility index (Phi) is 3.78. The molecule has 104 valence electrons. The van der Waals surface area contributed by atoms with Gasteiger partial charge in [-0.15, -0.1) is 0 Å². The first-order chi connectivity index (χ1) is 8.97. The molecule has 0 bridgehead atoms. The molecule has 0 spiro atoms. The summed E-state index contributed by atoms with van der Waals surface area (Å²) >= 11 is 0. The fourth-order valence-corrected chi connectivity index (χ4v) is 1.95. The van der Waals surface area contributed by atoms with Crippen LogP contribution in [-0.4, -0.2) is 23.1 Å². The van der Waals surface area contributed by atoms with Gasteiger partial charge in [-0.25, -0.2) is 9.59 Å². The smallest absolute Gasteiger partial charge is 0.326 e. The highest BCUT2D eigenvalue weighted by atomic mass is 16.4. The van der Waals surface area contributed by atoms with Crippen molar-refractivity contribution in [1.29, 1.82) is 0 Å². The Morgan fingerprint density at radius 2 is 2.05 bits per heavy atom. The number of aliphatic carboxylic acids is 1. The van der Waals surface area contributed by atoms with Crippen LogP contribution in [0.3, 0.4) is 0 Å². The normalized spacial score (nSPS) is 17.6. The van der Waals surface area contributed by atoms with E-state index in [-0.39, 0.29) is 12.0 Å². The second kappa shape index (κ2) is 5.34. The van der Waals surface area contributed by atoms with E-state index in [1.54, 1.807) is 13.0 Å². The largest absolute Gasteiger partial charge is 0.480 e. The number of aryl methyl sites for hydroxylation is 1. The Bertz CT molecular complexity index is 479. The van der Waals surface area contributed by atoms with Gasteiger partial charge in [0.25, 0.3) is 0 Å². The summed E-state index contributed by atoms with van der Waals surface area (Å²) in [5, 5.41) is 14.2. The van der Waals surface area contributed by atoms with Gasteiger partial charge in [0.1, 0.15) is 17.6 Å². The number of amides is 2. The molecule has 2 rings (SSSR count). The van der Waals surface area contributed by atoms with Crippen molar-refractivity contribution in [1.82, 2.24) is 10.6 Å². The summed E-state index contributed by atoms with van der Waals surface area (Å²) in [7, 11) is 0. The van der Waals surface area contributed by atoms with Crippen LogP contribution in [0.5, 0.6) is 0 Å². The predicted molar refractivity (Wildman–Crippen MR) is 67.7 cm³/mol. The molecule has 1 aliphatic carbocycles. The van der Waals surface area contributed by atoms with Gasteiger partial charge in [-0.2, -0.15) is 0 Å². The number of carbonyl (C=O) groups excluding carboxylic acids is 1. The summed E-state index contributed by atoms with van der Waals surface area (Å²) in [6, 6.07) is 2.01. The molecule has 0 radical (unpaired) electrons. The van der Waals surface area contributed by atoms with E-state index >= 15 is 0 Å². The molecule has 3 N–H and O–H groups in total. The molecule has 2 atom stereocenters. The van der Waals surface area contributed by atoms with Gasteiger partial charge in [-0.3, -0.25) is 0 Å². The molecule has 1 aromatic heterocycles. The SMILES string of the molecule is Cc1ccc(C(C)NC(=O)NC(C(=O)O)C2CC2)o1. The lowest BCUT2D eigenvalue weighted by Gasteiger charge is -2.17. The van der Waals surface area contributed by atoms with Crippen molar-refractivity contribution < 1.29 is 19.1 Å². The molecule has 6 nitrogen and oxygen atoms in total. The Morgan fingerprint density at radius 1 is 1.37 bits per heavy atom. The fraction of sp³-hybridized carbons (Fsp3) is 0.538. The first-order valence-corrected chi connectivity index (χ1v) is 6.33. The number of hydrogen-bond acceptors (Lipinski definition) is 3. The highest BCUT2D eigenvalue weighted by Gasteiger charge is 2.37. The highest BCUT2D eigenvalue weighted by Crippen LogP contribution is 2.32. The van der Waals surface area contributed by atoms with Crippen LogP contribution < -0.4 is 10.6 Å². The predicted octanol–water partition coefficient (Wildman–Crippen LogP) is 1.81. The van der Waals surface area contributed by atoms with Crippen LogP contribution in [0.15, 0.2) is 16.5 Å². The van der Waals surface area contributed by atoms with E-state index in [0.29, 0.717) is 5.76 Å². The second-order valence-electron chi connectivity index (χ2n) is 4.94. The monoisotopic (exact) mass is 266 g/mol. The summed E-state index contributed by atoms with van der Waals surface area (Å²) < 4.78 is 5.40. The van der Waals surface area contributed by atoms with Crippen LogP contribution in [0.1, 0.15) is 37.3 Å². The summed E-state index contributed by atoms with van der Waals surface area (Å²) in [4.78, 5) is 22.8. The number of nitrogens with one attached hydrogen (secondary N) is 2. The number of furan rings is 1. The maximum absolute atomic E-state index is 11.8. The molecule has 0 aliphatic heterocycles. The number of carboxylic acid groups (broad SMARTS) is 1.